The van der Waals surface area contributed by atoms with Crippen LogP contribution in [-0.4, -0.2) is 82.9 Å². The van der Waals surface area contributed by atoms with Crippen molar-refractivity contribution in [1.29, 1.82) is 5.41 Å². The predicted octanol–water partition coefficient (Wildman–Crippen LogP) is 5.66. The summed E-state index contributed by atoms with van der Waals surface area (Å²) in [6.45, 7) is 4.87. The van der Waals surface area contributed by atoms with E-state index >= 15 is 0 Å². The molecule has 0 unspecified atom stereocenters. The Labute approximate surface area is 334 Å². The van der Waals surface area contributed by atoms with Crippen molar-refractivity contribution < 1.29 is 19.1 Å². The molecule has 3 amide bonds. The van der Waals surface area contributed by atoms with E-state index in [1.807, 2.05) is 48.5 Å². The number of hydrogen-bond donors (Lipinski definition) is 6. The van der Waals surface area contributed by atoms with Crippen molar-refractivity contribution in [3.05, 3.63) is 94.3 Å². The number of nitrogen functional groups attached to an aromatic ring is 2. The van der Waals surface area contributed by atoms with Gasteiger partial charge in [-0.2, -0.15) is 0 Å². The standard InChI is InChI=1S/C41H55ClN10O4/c1-3-4-5-11-21-51(2)22-12-23-52(41(55)56-27-29-14-7-6-8-15-29)33(38(45)53)26-30-17-19-31-24-28(16-18-32(31)25-30)13-9-10-20-47-40(46)50-39(54)34-36(43)49-37(44)35(42)48-34/h6-8,14-19,24-25,33H,3-5,9-13,20-23,26-27H2,1-2H3,(H2,45,53)(H4,43,44,49)(H3,46,47,50,54)/t33-/m0/s1. The zero-order valence-corrected chi connectivity index (χ0v) is 33.1. The predicted molar refractivity (Wildman–Crippen MR) is 222 cm³/mol. The molecule has 0 saturated heterocycles. The van der Waals surface area contributed by atoms with Crippen LogP contribution in [0.3, 0.4) is 0 Å². The van der Waals surface area contributed by atoms with E-state index in [2.05, 4.69) is 57.7 Å². The van der Waals surface area contributed by atoms with Crippen molar-refractivity contribution in [3.8, 4) is 0 Å². The number of guanidine groups is 1. The van der Waals surface area contributed by atoms with Crippen LogP contribution < -0.4 is 27.8 Å². The van der Waals surface area contributed by atoms with Gasteiger partial charge >= 0.3 is 6.09 Å². The number of hydrogen-bond acceptors (Lipinski definition) is 10. The van der Waals surface area contributed by atoms with Gasteiger partial charge in [-0.05, 0) is 79.7 Å². The second kappa shape index (κ2) is 22.2. The molecule has 0 aliphatic carbocycles. The lowest BCUT2D eigenvalue weighted by atomic mass is 9.98. The van der Waals surface area contributed by atoms with Crippen LogP contribution in [0.15, 0.2) is 66.7 Å². The summed E-state index contributed by atoms with van der Waals surface area (Å²) >= 11 is 5.85. The van der Waals surface area contributed by atoms with Crippen molar-refractivity contribution in [3.63, 3.8) is 0 Å². The van der Waals surface area contributed by atoms with Gasteiger partial charge in [0.05, 0.1) is 0 Å². The van der Waals surface area contributed by atoms with E-state index < -0.39 is 23.9 Å². The summed E-state index contributed by atoms with van der Waals surface area (Å²) in [5.74, 6) is -1.76. The van der Waals surface area contributed by atoms with Crippen molar-refractivity contribution in [2.45, 2.75) is 77.4 Å². The minimum Gasteiger partial charge on any atom is -0.445 e. The van der Waals surface area contributed by atoms with Crippen LogP contribution in [0, 0.1) is 5.41 Å². The number of benzene rings is 3. The molecular weight excluding hydrogens is 732 g/mol. The number of nitrogens with two attached hydrogens (primary N) is 3. The molecule has 4 rings (SSSR count). The normalized spacial score (nSPS) is 11.6. The Hall–Kier alpha value is -5.47. The van der Waals surface area contributed by atoms with Crippen LogP contribution in [0.1, 0.15) is 79.0 Å². The Morgan fingerprint density at radius 2 is 1.54 bits per heavy atom. The fourth-order valence-corrected chi connectivity index (χ4v) is 6.44. The average Bonchev–Trinajstić information content (AvgIpc) is 3.18. The molecule has 300 valence electrons. The summed E-state index contributed by atoms with van der Waals surface area (Å²) in [6, 6.07) is 20.9. The van der Waals surface area contributed by atoms with Gasteiger partial charge in [0.25, 0.3) is 5.91 Å². The number of amides is 3. The quantitative estimate of drug-likeness (QED) is 0.0346. The number of anilines is 2. The highest BCUT2D eigenvalue weighted by Gasteiger charge is 2.30. The summed E-state index contributed by atoms with van der Waals surface area (Å²) in [5.41, 5.74) is 19.9. The number of carbonyl (C=O) groups is 3. The molecule has 14 nitrogen and oxygen atoms in total. The molecule has 3 aromatic carbocycles. The minimum atomic E-state index is -0.878. The molecule has 0 fully saturated rings. The molecule has 1 heterocycles. The van der Waals surface area contributed by atoms with E-state index in [1.165, 1.54) is 24.2 Å². The van der Waals surface area contributed by atoms with Gasteiger partial charge in [0, 0.05) is 19.5 Å². The average molecular weight is 787 g/mol. The number of rotatable bonds is 21. The number of aryl methyl sites for hydroxylation is 1. The van der Waals surface area contributed by atoms with Crippen LogP contribution in [-0.2, 0) is 29.0 Å². The number of unbranched alkanes of at least 4 members (excludes halogenated alkanes) is 4. The highest BCUT2D eigenvalue weighted by molar-refractivity contribution is 6.31. The maximum atomic E-state index is 13.5. The molecule has 1 aromatic heterocycles. The zero-order chi connectivity index (χ0) is 40.5. The summed E-state index contributed by atoms with van der Waals surface area (Å²) in [7, 11) is 2.08. The second-order valence-electron chi connectivity index (χ2n) is 13.9. The molecule has 0 bridgehead atoms. The molecule has 56 heavy (non-hydrogen) atoms. The number of halogens is 1. The topological polar surface area (TPSA) is 219 Å². The van der Waals surface area contributed by atoms with Gasteiger partial charge in [0.15, 0.2) is 28.4 Å². The van der Waals surface area contributed by atoms with Gasteiger partial charge in [0.1, 0.15) is 12.6 Å². The monoisotopic (exact) mass is 786 g/mol. The number of primary amides is 1. The maximum Gasteiger partial charge on any atom is 0.410 e. The van der Waals surface area contributed by atoms with E-state index in [1.54, 1.807) is 0 Å². The van der Waals surface area contributed by atoms with Crippen LogP contribution in [0.2, 0.25) is 5.15 Å². The molecule has 0 radical (unpaired) electrons. The first-order valence-corrected chi connectivity index (χ1v) is 19.5. The number of nitrogens with one attached hydrogen (secondary N) is 3. The highest BCUT2D eigenvalue weighted by Crippen LogP contribution is 2.22. The Bertz CT molecular complexity index is 1930. The zero-order valence-electron chi connectivity index (χ0n) is 32.4. The van der Waals surface area contributed by atoms with Crippen LogP contribution in [0.25, 0.3) is 10.8 Å². The molecular formula is C41H55ClN10O4. The van der Waals surface area contributed by atoms with E-state index in [0.29, 0.717) is 19.5 Å². The van der Waals surface area contributed by atoms with E-state index in [0.717, 1.165) is 66.2 Å². The number of fused-ring (bicyclic) bond motifs is 1. The fourth-order valence-electron chi connectivity index (χ4n) is 6.32. The third kappa shape index (κ3) is 13.7. The smallest absolute Gasteiger partial charge is 0.410 e. The lowest BCUT2D eigenvalue weighted by Gasteiger charge is -2.30. The first kappa shape index (κ1) is 43.3. The Morgan fingerprint density at radius 1 is 0.839 bits per heavy atom. The van der Waals surface area contributed by atoms with Crippen LogP contribution in [0.5, 0.6) is 0 Å². The van der Waals surface area contributed by atoms with Crippen LogP contribution >= 0.6 is 11.6 Å². The number of nitrogens with zero attached hydrogens (tertiary/aromatic N) is 4. The highest BCUT2D eigenvalue weighted by atomic mass is 35.5. The van der Waals surface area contributed by atoms with E-state index in [9.17, 15) is 14.4 Å². The van der Waals surface area contributed by atoms with E-state index in [4.69, 9.17) is 38.9 Å². The first-order valence-electron chi connectivity index (χ1n) is 19.1. The maximum absolute atomic E-state index is 13.5. The second-order valence-corrected chi connectivity index (χ2v) is 14.3. The lowest BCUT2D eigenvalue weighted by Crippen LogP contribution is -2.50. The number of ether oxygens (including phenoxy) is 1. The minimum absolute atomic E-state index is 0.0845. The molecule has 0 spiro atoms. The van der Waals surface area contributed by atoms with Gasteiger partial charge in [-0.1, -0.05) is 105 Å². The van der Waals surface area contributed by atoms with Crippen molar-refractivity contribution in [2.75, 3.05) is 44.7 Å². The van der Waals surface area contributed by atoms with Crippen molar-refractivity contribution in [2.24, 2.45) is 5.73 Å². The van der Waals surface area contributed by atoms with Crippen LogP contribution in [0.4, 0.5) is 16.4 Å². The van der Waals surface area contributed by atoms with Crippen molar-refractivity contribution in [1.82, 2.24) is 30.4 Å². The Kier molecular flexibility index (Phi) is 17.1. The third-order valence-electron chi connectivity index (χ3n) is 9.43. The molecule has 1 atom stereocenters. The number of carbonyl (C=O) groups excluding carboxylic acids is 3. The Balaban J connectivity index is 1.32. The SMILES string of the molecule is CCCCCCN(C)CCCN(C(=O)OCc1ccccc1)[C@@H](Cc1ccc2cc(CCCCNC(=N)NC(=O)c3nc(Cl)c(N)nc3N)ccc2c1)C(N)=O. The fraction of sp³-hybridized carbons (Fsp3) is 0.415. The van der Waals surface area contributed by atoms with Gasteiger partial charge in [-0.15, -0.1) is 0 Å². The third-order valence-corrected chi connectivity index (χ3v) is 9.71. The molecule has 0 aliphatic rings. The molecule has 9 N–H and O–H groups in total. The molecule has 15 heteroatoms. The lowest BCUT2D eigenvalue weighted by molar-refractivity contribution is -0.122. The van der Waals surface area contributed by atoms with Gasteiger partial charge < -0.3 is 32.2 Å². The number of aromatic nitrogens is 2. The Morgan fingerprint density at radius 3 is 2.25 bits per heavy atom. The molecule has 0 aliphatic heterocycles. The molecule has 0 saturated carbocycles. The largest absolute Gasteiger partial charge is 0.445 e. The summed E-state index contributed by atoms with van der Waals surface area (Å²) in [6.07, 6.45) is 7.52. The van der Waals surface area contributed by atoms with Gasteiger partial charge in [-0.25, -0.2) is 14.8 Å². The first-order chi connectivity index (χ1) is 26.9. The van der Waals surface area contributed by atoms with Gasteiger partial charge in [-0.3, -0.25) is 25.2 Å². The van der Waals surface area contributed by atoms with E-state index in [-0.39, 0.29) is 41.5 Å². The molecule has 4 aromatic rings. The van der Waals surface area contributed by atoms with Crippen molar-refractivity contribution >= 4 is 57.9 Å². The summed E-state index contributed by atoms with van der Waals surface area (Å²) in [5, 5.41) is 15.2. The summed E-state index contributed by atoms with van der Waals surface area (Å²) < 4.78 is 5.71. The van der Waals surface area contributed by atoms with Gasteiger partial charge in [0.2, 0.25) is 5.91 Å². The summed E-state index contributed by atoms with van der Waals surface area (Å²) in [4.78, 5) is 50.3.